The highest BCUT2D eigenvalue weighted by atomic mass is 16.6. The summed E-state index contributed by atoms with van der Waals surface area (Å²) in [5.74, 6) is 2.44. The molecular formula is C14H16O2. The number of allylic oxidation sites excluding steroid dienone is 1. The fourth-order valence-electron chi connectivity index (χ4n) is 2.32. The van der Waals surface area contributed by atoms with Crippen molar-refractivity contribution in [2.45, 2.75) is 20.3 Å². The molecule has 2 nitrogen and oxygen atoms in total. The van der Waals surface area contributed by atoms with E-state index in [2.05, 4.69) is 26.0 Å². The lowest BCUT2D eigenvalue weighted by Crippen LogP contribution is -2.16. The van der Waals surface area contributed by atoms with Gasteiger partial charge < -0.3 is 9.47 Å². The fourth-order valence-corrected chi connectivity index (χ4v) is 2.32. The minimum atomic E-state index is 0.604. The summed E-state index contributed by atoms with van der Waals surface area (Å²) in [6, 6.07) is 4.19. The first-order valence-electron chi connectivity index (χ1n) is 5.87. The average molecular weight is 216 g/mol. The van der Waals surface area contributed by atoms with Gasteiger partial charge in [-0.25, -0.2) is 0 Å². The van der Waals surface area contributed by atoms with E-state index < -0.39 is 0 Å². The van der Waals surface area contributed by atoms with Crippen LogP contribution >= 0.6 is 0 Å². The first-order chi connectivity index (χ1) is 7.75. The van der Waals surface area contributed by atoms with Crippen molar-refractivity contribution in [1.82, 2.24) is 0 Å². The Hall–Kier alpha value is -1.44. The molecule has 1 aliphatic carbocycles. The van der Waals surface area contributed by atoms with Crippen molar-refractivity contribution in [3.63, 3.8) is 0 Å². The SMILES string of the molecule is CC(C)C1=Cc2c(ccc3c2OCCO3)C1. The molecule has 2 aliphatic rings. The van der Waals surface area contributed by atoms with Gasteiger partial charge in [-0.2, -0.15) is 0 Å². The maximum Gasteiger partial charge on any atom is 0.168 e. The minimum absolute atomic E-state index is 0.604. The molecule has 2 heteroatoms. The van der Waals surface area contributed by atoms with E-state index in [1.54, 1.807) is 0 Å². The Morgan fingerprint density at radius 2 is 1.94 bits per heavy atom. The van der Waals surface area contributed by atoms with E-state index in [1.807, 2.05) is 6.07 Å². The fraction of sp³-hybridized carbons (Fsp3) is 0.429. The van der Waals surface area contributed by atoms with E-state index >= 15 is 0 Å². The Morgan fingerprint density at radius 3 is 2.75 bits per heavy atom. The third kappa shape index (κ3) is 1.41. The first kappa shape index (κ1) is 9.76. The maximum absolute atomic E-state index is 5.72. The number of fused-ring (bicyclic) bond motifs is 3. The van der Waals surface area contributed by atoms with Crippen molar-refractivity contribution >= 4 is 6.08 Å². The van der Waals surface area contributed by atoms with Gasteiger partial charge >= 0.3 is 0 Å². The van der Waals surface area contributed by atoms with Crippen molar-refractivity contribution < 1.29 is 9.47 Å². The van der Waals surface area contributed by atoms with Crippen molar-refractivity contribution in [2.75, 3.05) is 13.2 Å². The van der Waals surface area contributed by atoms with Crippen LogP contribution in [0.4, 0.5) is 0 Å². The van der Waals surface area contributed by atoms with Crippen LogP contribution in [0.1, 0.15) is 25.0 Å². The van der Waals surface area contributed by atoms with Crippen LogP contribution in [0.5, 0.6) is 11.5 Å². The van der Waals surface area contributed by atoms with Crippen molar-refractivity contribution in [3.8, 4) is 11.5 Å². The molecule has 0 saturated carbocycles. The smallest absolute Gasteiger partial charge is 0.168 e. The molecule has 0 bridgehead atoms. The van der Waals surface area contributed by atoms with Crippen LogP contribution in [0.15, 0.2) is 17.7 Å². The third-order valence-electron chi connectivity index (χ3n) is 3.30. The van der Waals surface area contributed by atoms with Crippen LogP contribution < -0.4 is 9.47 Å². The molecule has 0 fully saturated rings. The van der Waals surface area contributed by atoms with Crippen LogP contribution in [0.3, 0.4) is 0 Å². The van der Waals surface area contributed by atoms with Gasteiger partial charge in [-0.15, -0.1) is 0 Å². The normalized spacial score (nSPS) is 17.3. The van der Waals surface area contributed by atoms with Gasteiger partial charge in [0.2, 0.25) is 0 Å². The van der Waals surface area contributed by atoms with Crippen molar-refractivity contribution in [2.24, 2.45) is 5.92 Å². The summed E-state index contributed by atoms with van der Waals surface area (Å²) < 4.78 is 11.3. The quantitative estimate of drug-likeness (QED) is 0.718. The van der Waals surface area contributed by atoms with Crippen LogP contribution in [0.2, 0.25) is 0 Å². The summed E-state index contributed by atoms with van der Waals surface area (Å²) in [4.78, 5) is 0. The lowest BCUT2D eigenvalue weighted by Gasteiger charge is -2.20. The standard InChI is InChI=1S/C14H16O2/c1-9(2)11-7-10-3-4-13-14(12(10)8-11)16-6-5-15-13/h3-4,8-9H,5-7H2,1-2H3. The highest BCUT2D eigenvalue weighted by Gasteiger charge is 2.23. The maximum atomic E-state index is 5.72. The van der Waals surface area contributed by atoms with Gasteiger partial charge in [-0.05, 0) is 24.0 Å². The van der Waals surface area contributed by atoms with Crippen LogP contribution in [0, 0.1) is 5.92 Å². The molecule has 1 aromatic carbocycles. The molecule has 0 amide bonds. The summed E-state index contributed by atoms with van der Waals surface area (Å²) in [6.45, 7) is 5.80. The van der Waals surface area contributed by atoms with Crippen LogP contribution in [-0.2, 0) is 6.42 Å². The highest BCUT2D eigenvalue weighted by Crippen LogP contribution is 2.42. The molecule has 3 rings (SSSR count). The molecule has 1 aromatic rings. The molecule has 0 aromatic heterocycles. The molecule has 16 heavy (non-hydrogen) atoms. The largest absolute Gasteiger partial charge is 0.486 e. The summed E-state index contributed by atoms with van der Waals surface area (Å²) in [5.41, 5.74) is 4.09. The lowest BCUT2D eigenvalue weighted by atomic mass is 10.0. The van der Waals surface area contributed by atoms with E-state index in [4.69, 9.17) is 9.47 Å². The molecular weight excluding hydrogens is 200 g/mol. The number of rotatable bonds is 1. The van der Waals surface area contributed by atoms with Crippen LogP contribution in [0.25, 0.3) is 6.08 Å². The topological polar surface area (TPSA) is 18.5 Å². The van der Waals surface area contributed by atoms with Gasteiger partial charge in [0.1, 0.15) is 13.2 Å². The monoisotopic (exact) mass is 216 g/mol. The van der Waals surface area contributed by atoms with Gasteiger partial charge in [0.15, 0.2) is 11.5 Å². The third-order valence-corrected chi connectivity index (χ3v) is 3.30. The Morgan fingerprint density at radius 1 is 1.12 bits per heavy atom. The van der Waals surface area contributed by atoms with Crippen LogP contribution in [-0.4, -0.2) is 13.2 Å². The number of hydrogen-bond acceptors (Lipinski definition) is 2. The number of hydrogen-bond donors (Lipinski definition) is 0. The molecule has 0 spiro atoms. The predicted molar refractivity (Wildman–Crippen MR) is 64.0 cm³/mol. The van der Waals surface area contributed by atoms with Gasteiger partial charge in [0, 0.05) is 5.56 Å². The van der Waals surface area contributed by atoms with Gasteiger partial charge in [-0.3, -0.25) is 0 Å². The van der Waals surface area contributed by atoms with Crippen molar-refractivity contribution in [3.05, 3.63) is 28.8 Å². The van der Waals surface area contributed by atoms with Gasteiger partial charge in [0.05, 0.1) is 0 Å². The molecule has 1 heterocycles. The van der Waals surface area contributed by atoms with Gasteiger partial charge in [-0.1, -0.05) is 31.6 Å². The lowest BCUT2D eigenvalue weighted by molar-refractivity contribution is 0.171. The van der Waals surface area contributed by atoms with Gasteiger partial charge in [0.25, 0.3) is 0 Å². The Kier molecular flexibility index (Phi) is 2.16. The Balaban J connectivity index is 2.08. The zero-order valence-electron chi connectivity index (χ0n) is 9.75. The Labute approximate surface area is 95.9 Å². The average Bonchev–Trinajstić information content (AvgIpc) is 2.73. The zero-order chi connectivity index (χ0) is 11.1. The minimum Gasteiger partial charge on any atom is -0.486 e. The molecule has 0 N–H and O–H groups in total. The van der Waals surface area contributed by atoms with E-state index in [0.29, 0.717) is 19.1 Å². The molecule has 1 aliphatic heterocycles. The molecule has 0 radical (unpaired) electrons. The summed E-state index contributed by atoms with van der Waals surface area (Å²) in [6.07, 6.45) is 3.33. The first-order valence-corrected chi connectivity index (χ1v) is 5.87. The summed E-state index contributed by atoms with van der Waals surface area (Å²) in [7, 11) is 0. The number of ether oxygens (including phenoxy) is 2. The second-order valence-corrected chi connectivity index (χ2v) is 4.71. The highest BCUT2D eigenvalue weighted by molar-refractivity contribution is 5.72. The van der Waals surface area contributed by atoms with E-state index in [-0.39, 0.29) is 0 Å². The van der Waals surface area contributed by atoms with Crippen molar-refractivity contribution in [1.29, 1.82) is 0 Å². The van der Waals surface area contributed by atoms with E-state index in [1.165, 1.54) is 16.7 Å². The zero-order valence-corrected chi connectivity index (χ0v) is 9.75. The van der Waals surface area contributed by atoms with E-state index in [9.17, 15) is 0 Å². The molecule has 0 atom stereocenters. The Bertz CT molecular complexity index is 458. The second-order valence-electron chi connectivity index (χ2n) is 4.71. The summed E-state index contributed by atoms with van der Waals surface area (Å²) >= 11 is 0. The molecule has 0 unspecified atom stereocenters. The van der Waals surface area contributed by atoms with E-state index in [0.717, 1.165) is 17.9 Å². The summed E-state index contributed by atoms with van der Waals surface area (Å²) in [5, 5.41) is 0. The molecule has 84 valence electrons. The number of benzene rings is 1. The molecule has 0 saturated heterocycles. The second kappa shape index (κ2) is 3.55. The predicted octanol–water partition coefficient (Wildman–Crippen LogP) is 3.05.